The minimum absolute atomic E-state index is 0.291. The van der Waals surface area contributed by atoms with Crippen LogP contribution in [-0.2, 0) is 10.0 Å². The van der Waals surface area contributed by atoms with Crippen LogP contribution >= 0.6 is 0 Å². The van der Waals surface area contributed by atoms with Crippen molar-refractivity contribution in [2.24, 2.45) is 0 Å². The van der Waals surface area contributed by atoms with E-state index >= 15 is 0 Å². The Balaban J connectivity index is 1.89. The largest absolute Gasteiger partial charge is 0.300 e. The zero-order valence-electron chi connectivity index (χ0n) is 14.4. The van der Waals surface area contributed by atoms with Gasteiger partial charge in [-0.05, 0) is 26.0 Å². The topological polar surface area (TPSA) is 76.4 Å². The summed E-state index contributed by atoms with van der Waals surface area (Å²) in [5, 5.41) is 8.65. The lowest BCUT2D eigenvalue weighted by atomic mass is 10.1. The van der Waals surface area contributed by atoms with Gasteiger partial charge < -0.3 is 0 Å². The summed E-state index contributed by atoms with van der Waals surface area (Å²) in [6, 6.07) is 10.6. The minimum Gasteiger partial charge on any atom is -0.300 e. The molecule has 1 fully saturated rings. The fourth-order valence-corrected chi connectivity index (χ4v) is 4.42. The van der Waals surface area contributed by atoms with Gasteiger partial charge in [-0.3, -0.25) is 9.80 Å². The van der Waals surface area contributed by atoms with Gasteiger partial charge in [0.1, 0.15) is 0 Å². The highest BCUT2D eigenvalue weighted by atomic mass is 32.2. The van der Waals surface area contributed by atoms with Crippen LogP contribution in [0, 0.1) is 11.3 Å². The maximum absolute atomic E-state index is 12.5. The molecule has 1 heterocycles. The van der Waals surface area contributed by atoms with Crippen molar-refractivity contribution in [2.45, 2.75) is 30.7 Å². The van der Waals surface area contributed by atoms with Crippen LogP contribution in [0.25, 0.3) is 0 Å². The Bertz CT molecular complexity index is 660. The third kappa shape index (κ3) is 5.56. The van der Waals surface area contributed by atoms with Gasteiger partial charge in [-0.1, -0.05) is 18.2 Å². The first-order valence-corrected chi connectivity index (χ1v) is 9.71. The van der Waals surface area contributed by atoms with Gasteiger partial charge in [0, 0.05) is 51.2 Å². The van der Waals surface area contributed by atoms with Crippen molar-refractivity contribution >= 4 is 10.0 Å². The molecule has 6 nitrogen and oxygen atoms in total. The van der Waals surface area contributed by atoms with Crippen LogP contribution < -0.4 is 4.72 Å². The fraction of sp³-hybridized carbons (Fsp3) is 0.588. The highest BCUT2D eigenvalue weighted by Gasteiger charge is 2.29. The molecule has 0 aliphatic carbocycles. The van der Waals surface area contributed by atoms with E-state index in [1.54, 1.807) is 30.3 Å². The lowest BCUT2D eigenvalue weighted by Gasteiger charge is -2.38. The van der Waals surface area contributed by atoms with Gasteiger partial charge in [0.2, 0.25) is 10.0 Å². The van der Waals surface area contributed by atoms with Crippen molar-refractivity contribution < 1.29 is 8.42 Å². The average Bonchev–Trinajstić information content (AvgIpc) is 2.54. The Hall–Kier alpha value is -1.46. The first-order valence-electron chi connectivity index (χ1n) is 8.23. The van der Waals surface area contributed by atoms with E-state index in [-0.39, 0.29) is 0 Å². The van der Waals surface area contributed by atoms with Crippen LogP contribution in [0.5, 0.6) is 0 Å². The lowest BCUT2D eigenvalue weighted by Crippen LogP contribution is -2.55. The Morgan fingerprint density at radius 3 is 2.29 bits per heavy atom. The standard InChI is InChI=1S/C17H26N4O2S/c1-17(2,19-24(22,23)16-7-4-3-5-8-16)15-21-13-11-20(12-14-21)10-6-9-18/h3-5,7-8,19H,6,10-15H2,1-2H3. The average molecular weight is 350 g/mol. The quantitative estimate of drug-likeness (QED) is 0.801. The van der Waals surface area contributed by atoms with E-state index in [0.717, 1.165) is 32.7 Å². The van der Waals surface area contributed by atoms with Crippen LogP contribution in [0.15, 0.2) is 35.2 Å². The van der Waals surface area contributed by atoms with Crippen molar-refractivity contribution in [1.29, 1.82) is 5.26 Å². The van der Waals surface area contributed by atoms with Crippen molar-refractivity contribution in [3.05, 3.63) is 30.3 Å². The SMILES string of the molecule is CC(C)(CN1CCN(CCC#N)CC1)NS(=O)(=O)c1ccccc1. The van der Waals surface area contributed by atoms with E-state index in [9.17, 15) is 8.42 Å². The molecular weight excluding hydrogens is 324 g/mol. The smallest absolute Gasteiger partial charge is 0.241 e. The zero-order valence-corrected chi connectivity index (χ0v) is 15.2. The van der Waals surface area contributed by atoms with Crippen LogP contribution in [0.3, 0.4) is 0 Å². The molecule has 132 valence electrons. The van der Waals surface area contributed by atoms with Gasteiger partial charge in [-0.2, -0.15) is 5.26 Å². The molecule has 0 saturated carbocycles. The molecule has 0 atom stereocenters. The molecule has 1 aliphatic rings. The van der Waals surface area contributed by atoms with Crippen molar-refractivity contribution in [1.82, 2.24) is 14.5 Å². The second kappa shape index (κ2) is 8.08. The number of nitrogens with one attached hydrogen (secondary N) is 1. The Morgan fingerprint density at radius 2 is 1.71 bits per heavy atom. The summed E-state index contributed by atoms with van der Waals surface area (Å²) in [7, 11) is -3.51. The Morgan fingerprint density at radius 1 is 1.12 bits per heavy atom. The highest BCUT2D eigenvalue weighted by Crippen LogP contribution is 2.15. The van der Waals surface area contributed by atoms with E-state index in [0.29, 0.717) is 17.9 Å². The van der Waals surface area contributed by atoms with Crippen LogP contribution in [-0.4, -0.2) is 63.0 Å². The molecule has 0 aromatic heterocycles. The molecular formula is C17H26N4O2S. The number of hydrogen-bond donors (Lipinski definition) is 1. The van der Waals surface area contributed by atoms with E-state index in [1.165, 1.54) is 0 Å². The molecule has 1 aliphatic heterocycles. The van der Waals surface area contributed by atoms with Gasteiger partial charge in [0.15, 0.2) is 0 Å². The summed E-state index contributed by atoms with van der Waals surface area (Å²) in [4.78, 5) is 4.84. The molecule has 0 radical (unpaired) electrons. The van der Waals surface area contributed by atoms with E-state index in [2.05, 4.69) is 20.6 Å². The van der Waals surface area contributed by atoms with Crippen LogP contribution in [0.1, 0.15) is 20.3 Å². The summed E-state index contributed by atoms with van der Waals surface area (Å²) in [6.45, 7) is 8.92. The molecule has 1 saturated heterocycles. The van der Waals surface area contributed by atoms with Gasteiger partial charge in [0.05, 0.1) is 11.0 Å². The first kappa shape index (κ1) is 18.9. The second-order valence-corrected chi connectivity index (χ2v) is 8.51. The summed E-state index contributed by atoms with van der Waals surface area (Å²) in [5.41, 5.74) is -0.552. The van der Waals surface area contributed by atoms with Crippen molar-refractivity contribution in [3.8, 4) is 6.07 Å². The maximum atomic E-state index is 12.5. The molecule has 0 amide bonds. The molecule has 7 heteroatoms. The molecule has 0 bridgehead atoms. The molecule has 0 unspecified atom stereocenters. The van der Waals surface area contributed by atoms with E-state index in [4.69, 9.17) is 5.26 Å². The number of sulfonamides is 1. The zero-order chi connectivity index (χ0) is 17.6. The van der Waals surface area contributed by atoms with Gasteiger partial charge >= 0.3 is 0 Å². The normalized spacial score (nSPS) is 17.5. The molecule has 1 N–H and O–H groups in total. The predicted octanol–water partition coefficient (Wildman–Crippen LogP) is 1.27. The van der Waals surface area contributed by atoms with E-state index < -0.39 is 15.6 Å². The molecule has 1 aromatic rings. The van der Waals surface area contributed by atoms with Gasteiger partial charge in [0.25, 0.3) is 0 Å². The number of rotatable bonds is 7. The number of piperazine rings is 1. The molecule has 2 rings (SSSR count). The molecule has 1 aromatic carbocycles. The molecule has 0 spiro atoms. The second-order valence-electron chi connectivity index (χ2n) is 6.83. The monoisotopic (exact) mass is 350 g/mol. The molecule has 24 heavy (non-hydrogen) atoms. The van der Waals surface area contributed by atoms with Crippen molar-refractivity contribution in [3.63, 3.8) is 0 Å². The first-order chi connectivity index (χ1) is 11.3. The van der Waals surface area contributed by atoms with Crippen LogP contribution in [0.2, 0.25) is 0 Å². The minimum atomic E-state index is -3.51. The number of nitrogens with zero attached hydrogens (tertiary/aromatic N) is 3. The van der Waals surface area contributed by atoms with E-state index in [1.807, 2.05) is 13.8 Å². The third-order valence-electron chi connectivity index (χ3n) is 4.09. The summed E-state index contributed by atoms with van der Waals surface area (Å²) in [6.07, 6.45) is 0.558. The number of nitriles is 1. The Kier molecular flexibility index (Phi) is 6.35. The third-order valence-corrected chi connectivity index (χ3v) is 5.80. The summed E-state index contributed by atoms with van der Waals surface area (Å²) >= 11 is 0. The fourth-order valence-electron chi connectivity index (χ4n) is 2.99. The number of hydrogen-bond acceptors (Lipinski definition) is 5. The van der Waals surface area contributed by atoms with Crippen LogP contribution in [0.4, 0.5) is 0 Å². The van der Waals surface area contributed by atoms with Gasteiger partial charge in [-0.15, -0.1) is 0 Å². The lowest BCUT2D eigenvalue weighted by molar-refractivity contribution is 0.115. The maximum Gasteiger partial charge on any atom is 0.241 e. The van der Waals surface area contributed by atoms with Gasteiger partial charge in [-0.25, -0.2) is 13.1 Å². The predicted molar refractivity (Wildman–Crippen MR) is 94.0 cm³/mol. The summed E-state index contributed by atoms with van der Waals surface area (Å²) in [5.74, 6) is 0. The summed E-state index contributed by atoms with van der Waals surface area (Å²) < 4.78 is 27.8. The highest BCUT2D eigenvalue weighted by molar-refractivity contribution is 7.89. The van der Waals surface area contributed by atoms with Crippen molar-refractivity contribution in [2.75, 3.05) is 39.3 Å². The Labute approximate surface area is 145 Å². The number of benzene rings is 1.